The van der Waals surface area contributed by atoms with Crippen LogP contribution in [0, 0.1) is 0 Å². The maximum absolute atomic E-state index is 12.4. The fraction of sp³-hybridized carbons (Fsp3) is 0.192. The van der Waals surface area contributed by atoms with Gasteiger partial charge in [-0.1, -0.05) is 66.7 Å². The molecule has 7 nitrogen and oxygen atoms in total. The standard InChI is InChI=1S/C26H25NO6S/c1-34(30,31)27(17-23-4-2-3-22(13-23)15-26(28)29)16-21-9-6-19(7-10-21)5-8-20-11-12-24-25(14-20)33-18-32-24/h2-14H,15-18H2,1H3,(H,28,29)/b8-5+. The molecule has 0 saturated carbocycles. The predicted octanol–water partition coefficient (Wildman–Crippen LogP) is 4.17. The molecule has 0 fully saturated rings. The first-order valence-corrected chi connectivity index (χ1v) is 12.5. The van der Waals surface area contributed by atoms with Crippen molar-refractivity contribution in [3.8, 4) is 11.5 Å². The highest BCUT2D eigenvalue weighted by atomic mass is 32.2. The van der Waals surface area contributed by atoms with E-state index in [0.717, 1.165) is 33.8 Å². The number of carbonyl (C=O) groups is 1. The van der Waals surface area contributed by atoms with Gasteiger partial charge in [-0.05, 0) is 39.9 Å². The Morgan fingerprint density at radius 2 is 1.53 bits per heavy atom. The van der Waals surface area contributed by atoms with Gasteiger partial charge in [0.1, 0.15) is 0 Å². The largest absolute Gasteiger partial charge is 0.481 e. The molecule has 4 rings (SSSR count). The second kappa shape index (κ2) is 10.1. The molecule has 1 N–H and O–H groups in total. The van der Waals surface area contributed by atoms with Crippen LogP contribution in [-0.4, -0.2) is 36.8 Å². The average Bonchev–Trinajstić information content (AvgIpc) is 3.25. The first-order valence-electron chi connectivity index (χ1n) is 10.7. The summed E-state index contributed by atoms with van der Waals surface area (Å²) in [5.41, 5.74) is 4.20. The number of fused-ring (bicyclic) bond motifs is 1. The summed E-state index contributed by atoms with van der Waals surface area (Å²) in [6, 6.07) is 20.4. The van der Waals surface area contributed by atoms with Crippen molar-refractivity contribution < 1.29 is 27.8 Å². The number of aliphatic carboxylic acids is 1. The summed E-state index contributed by atoms with van der Waals surface area (Å²) in [6.07, 6.45) is 5.03. The molecule has 3 aromatic rings. The van der Waals surface area contributed by atoms with E-state index in [1.807, 2.05) is 54.6 Å². The highest BCUT2D eigenvalue weighted by Crippen LogP contribution is 2.33. The van der Waals surface area contributed by atoms with E-state index in [4.69, 9.17) is 14.6 Å². The van der Waals surface area contributed by atoms with Crippen molar-refractivity contribution in [3.63, 3.8) is 0 Å². The third-order valence-electron chi connectivity index (χ3n) is 5.38. The number of ether oxygens (including phenoxy) is 2. The lowest BCUT2D eigenvalue weighted by atomic mass is 10.1. The van der Waals surface area contributed by atoms with E-state index in [2.05, 4.69) is 0 Å². The third-order valence-corrected chi connectivity index (χ3v) is 6.57. The van der Waals surface area contributed by atoms with Crippen molar-refractivity contribution in [3.05, 3.63) is 94.5 Å². The van der Waals surface area contributed by atoms with Crippen LogP contribution in [0.5, 0.6) is 11.5 Å². The Kier molecular flexibility index (Phi) is 7.00. The molecule has 34 heavy (non-hydrogen) atoms. The quantitative estimate of drug-likeness (QED) is 0.463. The normalized spacial score (nSPS) is 13.0. The Bertz CT molecular complexity index is 1320. The zero-order valence-electron chi connectivity index (χ0n) is 18.7. The van der Waals surface area contributed by atoms with Crippen LogP contribution in [0.2, 0.25) is 0 Å². The second-order valence-corrected chi connectivity index (χ2v) is 10.1. The Morgan fingerprint density at radius 1 is 0.882 bits per heavy atom. The smallest absolute Gasteiger partial charge is 0.307 e. The Balaban J connectivity index is 1.44. The van der Waals surface area contributed by atoms with Gasteiger partial charge in [-0.2, -0.15) is 4.31 Å². The molecule has 0 amide bonds. The van der Waals surface area contributed by atoms with E-state index in [-0.39, 0.29) is 26.3 Å². The summed E-state index contributed by atoms with van der Waals surface area (Å²) in [6.45, 7) is 0.619. The van der Waals surface area contributed by atoms with Crippen molar-refractivity contribution in [1.82, 2.24) is 4.31 Å². The molecular weight excluding hydrogens is 454 g/mol. The molecule has 0 atom stereocenters. The number of nitrogens with zero attached hydrogens (tertiary/aromatic N) is 1. The van der Waals surface area contributed by atoms with Crippen LogP contribution >= 0.6 is 0 Å². The number of carboxylic acid groups (broad SMARTS) is 1. The number of hydrogen-bond acceptors (Lipinski definition) is 5. The molecule has 3 aromatic carbocycles. The Labute approximate surface area is 198 Å². The first-order chi connectivity index (χ1) is 16.3. The van der Waals surface area contributed by atoms with E-state index in [9.17, 15) is 13.2 Å². The highest BCUT2D eigenvalue weighted by molar-refractivity contribution is 7.88. The van der Waals surface area contributed by atoms with Gasteiger partial charge < -0.3 is 14.6 Å². The summed E-state index contributed by atoms with van der Waals surface area (Å²) in [5, 5.41) is 9.00. The monoisotopic (exact) mass is 479 g/mol. The van der Waals surface area contributed by atoms with Crippen LogP contribution in [0.4, 0.5) is 0 Å². The Hall–Kier alpha value is -3.62. The molecule has 0 aliphatic carbocycles. The molecule has 8 heteroatoms. The molecule has 1 aliphatic heterocycles. The molecule has 0 spiro atoms. The molecule has 0 radical (unpaired) electrons. The van der Waals surface area contributed by atoms with Crippen molar-refractivity contribution in [2.24, 2.45) is 0 Å². The minimum absolute atomic E-state index is 0.103. The second-order valence-electron chi connectivity index (χ2n) is 8.11. The van der Waals surface area contributed by atoms with Crippen LogP contribution < -0.4 is 9.47 Å². The number of hydrogen-bond donors (Lipinski definition) is 1. The fourth-order valence-corrected chi connectivity index (χ4v) is 4.42. The van der Waals surface area contributed by atoms with Crippen molar-refractivity contribution >= 4 is 28.1 Å². The van der Waals surface area contributed by atoms with Crippen molar-refractivity contribution in [1.29, 1.82) is 0 Å². The molecule has 176 valence electrons. The average molecular weight is 480 g/mol. The van der Waals surface area contributed by atoms with Gasteiger partial charge in [0, 0.05) is 13.1 Å². The van der Waals surface area contributed by atoms with Crippen LogP contribution in [-0.2, 0) is 34.3 Å². The fourth-order valence-electron chi connectivity index (χ4n) is 3.65. The molecule has 0 bridgehead atoms. The predicted molar refractivity (Wildman–Crippen MR) is 130 cm³/mol. The third kappa shape index (κ3) is 6.24. The minimum Gasteiger partial charge on any atom is -0.481 e. The van der Waals surface area contributed by atoms with Crippen LogP contribution in [0.25, 0.3) is 12.2 Å². The highest BCUT2D eigenvalue weighted by Gasteiger charge is 2.18. The molecule has 1 heterocycles. The summed E-state index contributed by atoms with van der Waals surface area (Å²) in [5.74, 6) is 0.544. The lowest BCUT2D eigenvalue weighted by Crippen LogP contribution is -2.29. The van der Waals surface area contributed by atoms with E-state index in [1.165, 1.54) is 10.6 Å². The number of sulfonamides is 1. The summed E-state index contributed by atoms with van der Waals surface area (Å²) in [4.78, 5) is 11.0. The van der Waals surface area contributed by atoms with Gasteiger partial charge in [0.15, 0.2) is 11.5 Å². The number of benzene rings is 3. The molecule has 0 aromatic heterocycles. The van der Waals surface area contributed by atoms with Gasteiger partial charge in [0.25, 0.3) is 0 Å². The maximum atomic E-state index is 12.4. The van der Waals surface area contributed by atoms with E-state index >= 15 is 0 Å². The summed E-state index contributed by atoms with van der Waals surface area (Å²) < 4.78 is 36.9. The summed E-state index contributed by atoms with van der Waals surface area (Å²) in [7, 11) is -3.48. The molecule has 0 saturated heterocycles. The van der Waals surface area contributed by atoms with Gasteiger partial charge in [-0.3, -0.25) is 4.79 Å². The molecular formula is C26H25NO6S. The van der Waals surface area contributed by atoms with Crippen LogP contribution in [0.1, 0.15) is 27.8 Å². The zero-order valence-corrected chi connectivity index (χ0v) is 19.5. The summed E-state index contributed by atoms with van der Waals surface area (Å²) >= 11 is 0. The van der Waals surface area contributed by atoms with Gasteiger partial charge in [-0.15, -0.1) is 0 Å². The van der Waals surface area contributed by atoms with Gasteiger partial charge in [0.2, 0.25) is 16.8 Å². The first kappa shape index (κ1) is 23.5. The molecule has 0 unspecified atom stereocenters. The van der Waals surface area contributed by atoms with Crippen LogP contribution in [0.3, 0.4) is 0 Å². The zero-order chi connectivity index (χ0) is 24.1. The SMILES string of the molecule is CS(=O)(=O)N(Cc1ccc(/C=C/c2ccc3c(c2)OCO3)cc1)Cc1cccc(CC(=O)O)c1. The number of carboxylic acids is 1. The van der Waals surface area contributed by atoms with Gasteiger partial charge in [-0.25, -0.2) is 8.42 Å². The van der Waals surface area contributed by atoms with Gasteiger partial charge >= 0.3 is 5.97 Å². The Morgan fingerprint density at radius 3 is 2.26 bits per heavy atom. The maximum Gasteiger partial charge on any atom is 0.307 e. The van der Waals surface area contributed by atoms with E-state index in [0.29, 0.717) is 5.56 Å². The van der Waals surface area contributed by atoms with Crippen molar-refractivity contribution in [2.75, 3.05) is 13.0 Å². The topological polar surface area (TPSA) is 93.1 Å². The number of rotatable bonds is 9. The van der Waals surface area contributed by atoms with Crippen LogP contribution in [0.15, 0.2) is 66.7 Å². The minimum atomic E-state index is -3.48. The lowest BCUT2D eigenvalue weighted by molar-refractivity contribution is -0.136. The lowest BCUT2D eigenvalue weighted by Gasteiger charge is -2.20. The van der Waals surface area contributed by atoms with Gasteiger partial charge in [0.05, 0.1) is 12.7 Å². The van der Waals surface area contributed by atoms with E-state index < -0.39 is 16.0 Å². The van der Waals surface area contributed by atoms with Crippen molar-refractivity contribution in [2.45, 2.75) is 19.5 Å². The molecule has 1 aliphatic rings. The van der Waals surface area contributed by atoms with E-state index in [1.54, 1.807) is 24.3 Å².